The van der Waals surface area contributed by atoms with Crippen LogP contribution in [0.5, 0.6) is 0 Å². The molecule has 1 heteroatoms. The molecule has 1 N–H and O–H groups in total. The van der Waals surface area contributed by atoms with Gasteiger partial charge < -0.3 is 5.32 Å². The van der Waals surface area contributed by atoms with Gasteiger partial charge in [0.15, 0.2) is 0 Å². The second-order valence-electron chi connectivity index (χ2n) is 3.08. The fraction of sp³-hybridized carbons (Fsp3) is 0.778. The van der Waals surface area contributed by atoms with Crippen LogP contribution in [0.15, 0.2) is 12.3 Å². The molecule has 0 saturated carbocycles. The van der Waals surface area contributed by atoms with E-state index in [2.05, 4.69) is 45.3 Å². The minimum Gasteiger partial charge on any atom is -0.389 e. The van der Waals surface area contributed by atoms with Gasteiger partial charge in [-0.25, -0.2) is 0 Å². The fourth-order valence-corrected chi connectivity index (χ4v) is 0.530. The van der Waals surface area contributed by atoms with Gasteiger partial charge >= 0.3 is 0 Å². The zero-order valence-electron chi connectivity index (χ0n) is 7.52. The number of nitrogens with one attached hydrogen (secondary N) is 1. The van der Waals surface area contributed by atoms with Crippen molar-refractivity contribution in [2.45, 2.75) is 40.2 Å². The Morgan fingerprint density at radius 2 is 1.90 bits per heavy atom. The van der Waals surface area contributed by atoms with Crippen molar-refractivity contribution in [2.75, 3.05) is 0 Å². The van der Waals surface area contributed by atoms with Gasteiger partial charge in [0.2, 0.25) is 0 Å². The molecular weight excluding hydrogens is 122 g/mol. The predicted octanol–water partition coefficient (Wildman–Crippen LogP) is 2.54. The largest absolute Gasteiger partial charge is 0.389 e. The third-order valence-corrected chi connectivity index (χ3v) is 1.47. The van der Waals surface area contributed by atoms with Gasteiger partial charge in [-0.1, -0.05) is 26.8 Å². The molecule has 1 unspecified atom stereocenters. The smallest absolute Gasteiger partial charge is 0.0224 e. The molecule has 0 aliphatic heterocycles. The maximum absolute atomic E-state index is 3.28. The summed E-state index contributed by atoms with van der Waals surface area (Å²) < 4.78 is 0. The average molecular weight is 141 g/mol. The van der Waals surface area contributed by atoms with Gasteiger partial charge in [-0.2, -0.15) is 0 Å². The normalized spacial score (nSPS) is 14.5. The topological polar surface area (TPSA) is 12.0 Å². The summed E-state index contributed by atoms with van der Waals surface area (Å²) >= 11 is 0. The number of hydrogen-bond acceptors (Lipinski definition) is 1. The Morgan fingerprint density at radius 1 is 1.30 bits per heavy atom. The second-order valence-corrected chi connectivity index (χ2v) is 3.08. The van der Waals surface area contributed by atoms with Gasteiger partial charge in [-0.3, -0.25) is 0 Å². The first-order valence-electron chi connectivity index (χ1n) is 4.09. The van der Waals surface area contributed by atoms with Crippen LogP contribution in [0, 0.1) is 5.92 Å². The summed E-state index contributed by atoms with van der Waals surface area (Å²) in [7, 11) is 0. The summed E-state index contributed by atoms with van der Waals surface area (Å²) in [4.78, 5) is 0. The molecule has 0 aromatic carbocycles. The summed E-state index contributed by atoms with van der Waals surface area (Å²) in [6, 6.07) is 0.606. The lowest BCUT2D eigenvalue weighted by Gasteiger charge is -2.07. The zero-order chi connectivity index (χ0) is 7.98. The molecule has 0 spiro atoms. The molecule has 0 aliphatic rings. The van der Waals surface area contributed by atoms with Crippen LogP contribution < -0.4 is 5.32 Å². The Balaban J connectivity index is 3.33. The quantitative estimate of drug-likeness (QED) is 0.634. The van der Waals surface area contributed by atoms with E-state index >= 15 is 0 Å². The minimum absolute atomic E-state index is 0.606. The van der Waals surface area contributed by atoms with Gasteiger partial charge in [0.05, 0.1) is 0 Å². The van der Waals surface area contributed by atoms with E-state index in [1.54, 1.807) is 0 Å². The Hall–Kier alpha value is -0.460. The van der Waals surface area contributed by atoms with E-state index < -0.39 is 0 Å². The maximum atomic E-state index is 3.28. The van der Waals surface area contributed by atoms with Crippen LogP contribution in [0.2, 0.25) is 0 Å². The van der Waals surface area contributed by atoms with Gasteiger partial charge in [0.1, 0.15) is 0 Å². The van der Waals surface area contributed by atoms with E-state index in [-0.39, 0.29) is 0 Å². The highest BCUT2D eigenvalue weighted by atomic mass is 14.9. The van der Waals surface area contributed by atoms with E-state index in [1.807, 2.05) is 0 Å². The van der Waals surface area contributed by atoms with E-state index in [9.17, 15) is 0 Å². The van der Waals surface area contributed by atoms with Crippen LogP contribution in [-0.2, 0) is 0 Å². The predicted molar refractivity (Wildman–Crippen MR) is 46.9 cm³/mol. The van der Waals surface area contributed by atoms with Crippen LogP contribution in [0.25, 0.3) is 0 Å². The third-order valence-electron chi connectivity index (χ3n) is 1.47. The van der Waals surface area contributed by atoms with Gasteiger partial charge in [-0.05, 0) is 25.5 Å². The molecule has 0 bridgehead atoms. The van der Waals surface area contributed by atoms with Crippen molar-refractivity contribution in [3.8, 4) is 0 Å². The Labute approximate surface area is 64.5 Å². The summed E-state index contributed by atoms with van der Waals surface area (Å²) in [5.74, 6) is 0.650. The molecule has 0 amide bonds. The van der Waals surface area contributed by atoms with E-state index in [0.29, 0.717) is 12.0 Å². The molecule has 10 heavy (non-hydrogen) atoms. The highest BCUT2D eigenvalue weighted by Crippen LogP contribution is 1.93. The molecule has 1 nitrogen and oxygen atoms in total. The molecular formula is C9H19N. The lowest BCUT2D eigenvalue weighted by Crippen LogP contribution is -2.18. The van der Waals surface area contributed by atoms with Crippen molar-refractivity contribution in [3.05, 3.63) is 12.3 Å². The van der Waals surface area contributed by atoms with Crippen LogP contribution in [0.1, 0.15) is 34.1 Å². The summed E-state index contributed by atoms with van der Waals surface area (Å²) in [6.07, 6.45) is 5.41. The Morgan fingerprint density at radius 3 is 2.30 bits per heavy atom. The summed E-state index contributed by atoms with van der Waals surface area (Å²) in [5.41, 5.74) is 0. The Kier molecular flexibility index (Phi) is 5.09. The van der Waals surface area contributed by atoms with Crippen LogP contribution in [0.4, 0.5) is 0 Å². The van der Waals surface area contributed by atoms with Crippen molar-refractivity contribution in [1.82, 2.24) is 5.32 Å². The molecule has 0 aromatic rings. The number of hydrogen-bond donors (Lipinski definition) is 1. The zero-order valence-corrected chi connectivity index (χ0v) is 7.52. The molecule has 1 atom stereocenters. The van der Waals surface area contributed by atoms with Crippen LogP contribution >= 0.6 is 0 Å². The van der Waals surface area contributed by atoms with Crippen molar-refractivity contribution < 1.29 is 0 Å². The summed E-state index contributed by atoms with van der Waals surface area (Å²) in [5, 5.41) is 3.28. The lowest BCUT2D eigenvalue weighted by atomic mass is 10.2. The molecule has 0 aromatic heterocycles. The SMILES string of the molecule is CCC(C)N/C=C/C(C)C. The second kappa shape index (κ2) is 5.33. The number of rotatable bonds is 4. The number of allylic oxidation sites excluding steroid dienone is 1. The lowest BCUT2D eigenvalue weighted by molar-refractivity contribution is 0.615. The van der Waals surface area contributed by atoms with Crippen molar-refractivity contribution in [2.24, 2.45) is 5.92 Å². The highest BCUT2D eigenvalue weighted by Gasteiger charge is 1.90. The average Bonchev–Trinajstić information content (AvgIpc) is 1.87. The molecule has 0 radical (unpaired) electrons. The first kappa shape index (κ1) is 9.54. The van der Waals surface area contributed by atoms with E-state index in [0.717, 1.165) is 0 Å². The molecule has 0 fully saturated rings. The van der Waals surface area contributed by atoms with Crippen LogP contribution in [0.3, 0.4) is 0 Å². The third kappa shape index (κ3) is 5.67. The summed E-state index contributed by atoms with van der Waals surface area (Å²) in [6.45, 7) is 8.72. The monoisotopic (exact) mass is 141 g/mol. The van der Waals surface area contributed by atoms with Gasteiger partial charge in [-0.15, -0.1) is 0 Å². The maximum Gasteiger partial charge on any atom is 0.0224 e. The molecule has 0 heterocycles. The van der Waals surface area contributed by atoms with Crippen molar-refractivity contribution in [1.29, 1.82) is 0 Å². The van der Waals surface area contributed by atoms with E-state index in [1.165, 1.54) is 6.42 Å². The molecule has 60 valence electrons. The molecule has 0 saturated heterocycles. The first-order valence-corrected chi connectivity index (χ1v) is 4.09. The standard InChI is InChI=1S/C9H19N/c1-5-9(4)10-7-6-8(2)3/h6-10H,5H2,1-4H3/b7-6+. The van der Waals surface area contributed by atoms with Crippen molar-refractivity contribution in [3.63, 3.8) is 0 Å². The van der Waals surface area contributed by atoms with E-state index in [4.69, 9.17) is 0 Å². The molecule has 0 aliphatic carbocycles. The minimum atomic E-state index is 0.606. The highest BCUT2D eigenvalue weighted by molar-refractivity contribution is 4.83. The fourth-order valence-electron chi connectivity index (χ4n) is 0.530. The van der Waals surface area contributed by atoms with Crippen LogP contribution in [-0.4, -0.2) is 6.04 Å². The Bertz CT molecular complexity index is 94.9. The van der Waals surface area contributed by atoms with Gasteiger partial charge in [0.25, 0.3) is 0 Å². The van der Waals surface area contributed by atoms with Crippen molar-refractivity contribution >= 4 is 0 Å². The van der Waals surface area contributed by atoms with Gasteiger partial charge in [0, 0.05) is 6.04 Å². The first-order chi connectivity index (χ1) is 4.66. The molecule has 0 rings (SSSR count).